The Morgan fingerprint density at radius 2 is 2.33 bits per heavy atom. The summed E-state index contributed by atoms with van der Waals surface area (Å²) in [6.07, 6.45) is 0. The maximum absolute atomic E-state index is 10.8. The number of carbonyl (C=O) groups excluding carboxylic acids is 1. The predicted molar refractivity (Wildman–Crippen MR) is 58.5 cm³/mol. The number of amides is 1. The van der Waals surface area contributed by atoms with Crippen molar-refractivity contribution in [2.45, 2.75) is 26.4 Å². The molecule has 0 aliphatic heterocycles. The molecule has 0 spiro atoms. The van der Waals surface area contributed by atoms with Crippen molar-refractivity contribution < 1.29 is 4.79 Å². The highest BCUT2D eigenvalue weighted by molar-refractivity contribution is 6.31. The van der Waals surface area contributed by atoms with E-state index in [-0.39, 0.29) is 11.9 Å². The molecule has 0 bridgehead atoms. The maximum atomic E-state index is 10.8. The summed E-state index contributed by atoms with van der Waals surface area (Å²) < 4.78 is 1.69. The maximum Gasteiger partial charge on any atom is 0.234 e. The first kappa shape index (κ1) is 12.0. The van der Waals surface area contributed by atoms with E-state index in [4.69, 9.17) is 17.3 Å². The molecule has 84 valence electrons. The van der Waals surface area contributed by atoms with Crippen molar-refractivity contribution in [3.05, 3.63) is 16.4 Å². The fraction of sp³-hybridized carbons (Fsp3) is 0.556. The number of hydrogen-bond acceptors (Lipinski definition) is 3. The molecule has 0 radical (unpaired) electrons. The van der Waals surface area contributed by atoms with Gasteiger partial charge >= 0.3 is 0 Å². The Morgan fingerprint density at radius 1 is 1.73 bits per heavy atom. The fourth-order valence-corrected chi connectivity index (χ4v) is 1.45. The van der Waals surface area contributed by atoms with E-state index in [0.29, 0.717) is 11.6 Å². The number of nitrogens with zero attached hydrogens (tertiary/aromatic N) is 2. The Morgan fingerprint density at radius 3 is 2.73 bits per heavy atom. The molecule has 1 atom stereocenters. The summed E-state index contributed by atoms with van der Waals surface area (Å²) in [6, 6.07) is -0.378. The Kier molecular flexibility index (Phi) is 3.71. The van der Waals surface area contributed by atoms with Crippen LogP contribution in [0.4, 0.5) is 0 Å². The van der Waals surface area contributed by atoms with Gasteiger partial charge in [-0.2, -0.15) is 5.10 Å². The van der Waals surface area contributed by atoms with E-state index < -0.39 is 0 Å². The minimum absolute atomic E-state index is 0.378. The molecular formula is C9H15ClN4O. The molecule has 6 heteroatoms. The van der Waals surface area contributed by atoms with Crippen LogP contribution in [0.1, 0.15) is 18.3 Å². The number of nitrogens with two attached hydrogens (primary N) is 1. The molecule has 0 aliphatic rings. The van der Waals surface area contributed by atoms with E-state index in [9.17, 15) is 4.79 Å². The average Bonchev–Trinajstić information content (AvgIpc) is 2.38. The standard InChI is InChI=1S/C9H15ClN4O/c1-5-8(10)7(14(3)13-5)4-12-6(2)9(11)15/h6,12H,4H2,1-3H3,(H2,11,15). The lowest BCUT2D eigenvalue weighted by Crippen LogP contribution is -2.38. The van der Waals surface area contributed by atoms with Crippen molar-refractivity contribution in [3.63, 3.8) is 0 Å². The number of aryl methyl sites for hydroxylation is 2. The van der Waals surface area contributed by atoms with Crippen LogP contribution in [0, 0.1) is 6.92 Å². The number of aromatic nitrogens is 2. The molecule has 1 aromatic rings. The number of halogens is 1. The number of nitrogens with one attached hydrogen (secondary N) is 1. The third-order valence-electron chi connectivity index (χ3n) is 2.26. The van der Waals surface area contributed by atoms with Crippen LogP contribution in [-0.4, -0.2) is 21.7 Å². The molecule has 15 heavy (non-hydrogen) atoms. The lowest BCUT2D eigenvalue weighted by molar-refractivity contribution is -0.119. The van der Waals surface area contributed by atoms with Crippen molar-refractivity contribution in [1.82, 2.24) is 15.1 Å². The quantitative estimate of drug-likeness (QED) is 0.784. The molecule has 1 rings (SSSR count). The SMILES string of the molecule is Cc1nn(C)c(CNC(C)C(N)=O)c1Cl. The second kappa shape index (κ2) is 4.63. The van der Waals surface area contributed by atoms with Crippen molar-refractivity contribution >= 4 is 17.5 Å². The highest BCUT2D eigenvalue weighted by Crippen LogP contribution is 2.18. The summed E-state index contributed by atoms with van der Waals surface area (Å²) in [4.78, 5) is 10.8. The molecule has 5 nitrogen and oxygen atoms in total. The molecule has 0 fully saturated rings. The molecule has 0 saturated carbocycles. The number of primary amides is 1. The molecule has 1 aromatic heterocycles. The average molecular weight is 231 g/mol. The van der Waals surface area contributed by atoms with Crippen molar-refractivity contribution in [2.75, 3.05) is 0 Å². The Hall–Kier alpha value is -1.07. The van der Waals surface area contributed by atoms with E-state index in [1.54, 1.807) is 11.6 Å². The summed E-state index contributed by atoms with van der Waals surface area (Å²) in [7, 11) is 1.81. The van der Waals surface area contributed by atoms with Crippen LogP contribution in [0.3, 0.4) is 0 Å². The smallest absolute Gasteiger partial charge is 0.234 e. The normalized spacial score (nSPS) is 12.8. The van der Waals surface area contributed by atoms with E-state index in [1.165, 1.54) is 0 Å². The van der Waals surface area contributed by atoms with Gasteiger partial charge < -0.3 is 11.1 Å². The largest absolute Gasteiger partial charge is 0.368 e. The monoisotopic (exact) mass is 230 g/mol. The van der Waals surface area contributed by atoms with Crippen LogP contribution < -0.4 is 11.1 Å². The minimum atomic E-state index is -0.384. The molecule has 0 aliphatic carbocycles. The lowest BCUT2D eigenvalue weighted by atomic mass is 10.3. The van der Waals surface area contributed by atoms with Gasteiger partial charge in [0, 0.05) is 13.6 Å². The first-order valence-electron chi connectivity index (χ1n) is 4.64. The van der Waals surface area contributed by atoms with Gasteiger partial charge in [0.05, 0.1) is 22.5 Å². The van der Waals surface area contributed by atoms with Gasteiger partial charge in [-0.1, -0.05) is 11.6 Å². The zero-order valence-electron chi connectivity index (χ0n) is 9.04. The van der Waals surface area contributed by atoms with Crippen LogP contribution in [0.2, 0.25) is 5.02 Å². The number of carbonyl (C=O) groups is 1. The molecule has 1 amide bonds. The van der Waals surface area contributed by atoms with Gasteiger partial charge in [-0.05, 0) is 13.8 Å². The summed E-state index contributed by atoms with van der Waals surface area (Å²) in [5.74, 6) is -0.384. The van der Waals surface area contributed by atoms with Crippen LogP contribution in [0.15, 0.2) is 0 Å². The topological polar surface area (TPSA) is 72.9 Å². The molecule has 0 aromatic carbocycles. The van der Waals surface area contributed by atoms with Crippen LogP contribution in [0.25, 0.3) is 0 Å². The molecular weight excluding hydrogens is 216 g/mol. The van der Waals surface area contributed by atoms with Crippen LogP contribution in [-0.2, 0) is 18.4 Å². The highest BCUT2D eigenvalue weighted by Gasteiger charge is 2.13. The third kappa shape index (κ3) is 2.70. The van der Waals surface area contributed by atoms with Gasteiger partial charge in [0.25, 0.3) is 0 Å². The molecule has 3 N–H and O–H groups in total. The van der Waals surface area contributed by atoms with E-state index in [2.05, 4.69) is 10.4 Å². The highest BCUT2D eigenvalue weighted by atomic mass is 35.5. The molecule has 0 saturated heterocycles. The zero-order chi connectivity index (χ0) is 11.6. The van der Waals surface area contributed by atoms with E-state index in [0.717, 1.165) is 11.4 Å². The Balaban J connectivity index is 2.69. The fourth-order valence-electron chi connectivity index (χ4n) is 1.22. The Bertz CT molecular complexity index is 374. The molecule has 1 unspecified atom stereocenters. The second-order valence-corrected chi connectivity index (χ2v) is 3.85. The molecule has 1 heterocycles. The third-order valence-corrected chi connectivity index (χ3v) is 2.76. The second-order valence-electron chi connectivity index (χ2n) is 3.47. The van der Waals surface area contributed by atoms with Gasteiger partial charge in [-0.25, -0.2) is 0 Å². The van der Waals surface area contributed by atoms with Gasteiger partial charge in [0.1, 0.15) is 0 Å². The van der Waals surface area contributed by atoms with Gasteiger partial charge in [0.2, 0.25) is 5.91 Å². The van der Waals surface area contributed by atoms with Crippen molar-refractivity contribution in [2.24, 2.45) is 12.8 Å². The summed E-state index contributed by atoms with van der Waals surface area (Å²) in [5.41, 5.74) is 6.75. The summed E-state index contributed by atoms with van der Waals surface area (Å²) in [6.45, 7) is 4.02. The number of rotatable bonds is 4. The van der Waals surface area contributed by atoms with Gasteiger partial charge in [-0.3, -0.25) is 9.48 Å². The lowest BCUT2D eigenvalue weighted by Gasteiger charge is -2.10. The van der Waals surface area contributed by atoms with Gasteiger partial charge in [0.15, 0.2) is 0 Å². The first-order valence-corrected chi connectivity index (χ1v) is 5.02. The summed E-state index contributed by atoms with van der Waals surface area (Å²) in [5, 5.41) is 7.76. The van der Waals surface area contributed by atoms with E-state index in [1.807, 2.05) is 14.0 Å². The Labute approximate surface area is 93.6 Å². The first-order chi connectivity index (χ1) is 6.93. The van der Waals surface area contributed by atoms with Crippen molar-refractivity contribution in [1.29, 1.82) is 0 Å². The zero-order valence-corrected chi connectivity index (χ0v) is 9.80. The number of hydrogen-bond donors (Lipinski definition) is 2. The predicted octanol–water partition coefficient (Wildman–Crippen LogP) is 0.345. The van der Waals surface area contributed by atoms with Crippen molar-refractivity contribution in [3.8, 4) is 0 Å². The summed E-state index contributed by atoms with van der Waals surface area (Å²) >= 11 is 6.04. The van der Waals surface area contributed by atoms with E-state index >= 15 is 0 Å². The van der Waals surface area contributed by atoms with Gasteiger partial charge in [-0.15, -0.1) is 0 Å². The van der Waals surface area contributed by atoms with Crippen LogP contribution in [0.5, 0.6) is 0 Å². The van der Waals surface area contributed by atoms with Crippen LogP contribution >= 0.6 is 11.6 Å². The minimum Gasteiger partial charge on any atom is -0.368 e.